The molecule has 1 aliphatic heterocycles. The molecule has 138 valence electrons. The van der Waals surface area contributed by atoms with E-state index in [4.69, 9.17) is 10.2 Å². The van der Waals surface area contributed by atoms with Crippen molar-refractivity contribution in [2.24, 2.45) is 11.7 Å². The minimum Gasteiger partial charge on any atom is -0.469 e. The maximum atomic E-state index is 12.9. The zero-order chi connectivity index (χ0) is 18.0. The van der Waals surface area contributed by atoms with Crippen LogP contribution in [-0.2, 0) is 4.79 Å². The van der Waals surface area contributed by atoms with E-state index in [-0.39, 0.29) is 29.3 Å². The largest absolute Gasteiger partial charge is 0.469 e. The monoisotopic (exact) mass is 347 g/mol. The minimum absolute atomic E-state index is 0.0685. The van der Waals surface area contributed by atoms with Gasteiger partial charge in [0.05, 0.1) is 17.7 Å². The summed E-state index contributed by atoms with van der Waals surface area (Å²) in [5, 5.41) is 3.06. The van der Waals surface area contributed by atoms with Crippen LogP contribution in [0.1, 0.15) is 61.6 Å². The Labute approximate surface area is 149 Å². The number of likely N-dealkylation sites (tertiary alicyclic amines) is 1. The Balaban J connectivity index is 1.52. The van der Waals surface area contributed by atoms with Crippen molar-refractivity contribution in [1.82, 2.24) is 10.2 Å². The second kappa shape index (κ2) is 7.20. The van der Waals surface area contributed by atoms with Crippen LogP contribution >= 0.6 is 0 Å². The Morgan fingerprint density at radius 3 is 2.60 bits per heavy atom. The van der Waals surface area contributed by atoms with Gasteiger partial charge in [0.1, 0.15) is 5.76 Å². The molecule has 1 aromatic heterocycles. The molecule has 1 aliphatic carbocycles. The molecule has 2 unspecified atom stereocenters. The van der Waals surface area contributed by atoms with E-state index in [2.05, 4.69) is 5.32 Å². The second-order valence-corrected chi connectivity index (χ2v) is 7.77. The molecule has 3 rings (SSSR count). The summed E-state index contributed by atoms with van der Waals surface area (Å²) in [7, 11) is 0. The Kier molecular flexibility index (Phi) is 5.18. The topological polar surface area (TPSA) is 88.6 Å². The Hall–Kier alpha value is -1.82. The summed E-state index contributed by atoms with van der Waals surface area (Å²) >= 11 is 0. The maximum Gasteiger partial charge on any atom is 0.255 e. The number of hydrogen-bond acceptors (Lipinski definition) is 4. The van der Waals surface area contributed by atoms with Gasteiger partial charge in [-0.3, -0.25) is 9.59 Å². The van der Waals surface area contributed by atoms with E-state index in [0.29, 0.717) is 24.4 Å². The van der Waals surface area contributed by atoms with Crippen molar-refractivity contribution >= 4 is 11.8 Å². The first-order chi connectivity index (χ1) is 11.9. The first kappa shape index (κ1) is 18.0. The zero-order valence-corrected chi connectivity index (χ0v) is 15.2. The molecule has 6 nitrogen and oxygen atoms in total. The Morgan fingerprint density at radius 2 is 2.00 bits per heavy atom. The molecular weight excluding hydrogens is 318 g/mol. The third-order valence-electron chi connectivity index (χ3n) is 5.80. The lowest BCUT2D eigenvalue weighted by Gasteiger charge is -2.41. The van der Waals surface area contributed by atoms with Crippen LogP contribution in [0.25, 0.3) is 0 Å². The fraction of sp³-hybridized carbons (Fsp3) is 0.684. The van der Waals surface area contributed by atoms with Crippen LogP contribution in [0.2, 0.25) is 0 Å². The summed E-state index contributed by atoms with van der Waals surface area (Å²) in [6.07, 6.45) is 7.09. The Morgan fingerprint density at radius 1 is 1.28 bits per heavy atom. The van der Waals surface area contributed by atoms with Crippen molar-refractivity contribution in [3.8, 4) is 0 Å². The zero-order valence-electron chi connectivity index (χ0n) is 15.2. The summed E-state index contributed by atoms with van der Waals surface area (Å²) in [6.45, 7) is 5.15. The molecule has 1 saturated heterocycles. The predicted octanol–water partition coefficient (Wildman–Crippen LogP) is 2.22. The van der Waals surface area contributed by atoms with E-state index in [9.17, 15) is 9.59 Å². The molecule has 1 aromatic rings. The van der Waals surface area contributed by atoms with Crippen LogP contribution in [0.15, 0.2) is 16.7 Å². The molecule has 0 bridgehead atoms. The van der Waals surface area contributed by atoms with Crippen molar-refractivity contribution in [2.45, 2.75) is 64.0 Å². The lowest BCUT2D eigenvalue weighted by molar-refractivity contribution is -0.140. The summed E-state index contributed by atoms with van der Waals surface area (Å²) in [5.74, 6) is 0.656. The van der Waals surface area contributed by atoms with Crippen molar-refractivity contribution in [3.63, 3.8) is 0 Å². The van der Waals surface area contributed by atoms with Gasteiger partial charge in [-0.15, -0.1) is 0 Å². The molecule has 2 atom stereocenters. The summed E-state index contributed by atoms with van der Waals surface area (Å²) in [4.78, 5) is 27.1. The first-order valence-corrected chi connectivity index (χ1v) is 9.31. The number of hydrogen-bond donors (Lipinski definition) is 2. The quantitative estimate of drug-likeness (QED) is 0.877. The van der Waals surface area contributed by atoms with E-state index in [1.807, 2.05) is 11.8 Å². The van der Waals surface area contributed by atoms with Gasteiger partial charge in [0, 0.05) is 24.7 Å². The maximum absolute atomic E-state index is 12.9. The van der Waals surface area contributed by atoms with E-state index < -0.39 is 0 Å². The number of nitrogens with one attached hydrogen (secondary N) is 1. The minimum atomic E-state index is -0.390. The molecule has 0 radical (unpaired) electrons. The molecule has 2 aliphatic rings. The molecule has 1 saturated carbocycles. The number of carbonyl (C=O) groups is 2. The number of aryl methyl sites for hydroxylation is 1. The van der Waals surface area contributed by atoms with Gasteiger partial charge in [-0.1, -0.05) is 12.8 Å². The van der Waals surface area contributed by atoms with E-state index in [1.165, 1.54) is 6.26 Å². The van der Waals surface area contributed by atoms with E-state index in [0.717, 1.165) is 38.5 Å². The van der Waals surface area contributed by atoms with Gasteiger partial charge in [-0.05, 0) is 45.6 Å². The summed E-state index contributed by atoms with van der Waals surface area (Å²) in [6, 6.07) is 1.79. The molecule has 6 heteroatoms. The molecule has 3 N–H and O–H groups in total. The summed E-state index contributed by atoms with van der Waals surface area (Å²) in [5.41, 5.74) is 6.57. The van der Waals surface area contributed by atoms with Gasteiger partial charge < -0.3 is 20.4 Å². The third kappa shape index (κ3) is 3.89. The van der Waals surface area contributed by atoms with E-state index >= 15 is 0 Å². The van der Waals surface area contributed by atoms with Crippen LogP contribution in [0, 0.1) is 12.8 Å². The lowest BCUT2D eigenvalue weighted by atomic mass is 9.74. The number of nitrogens with two attached hydrogens (primary N) is 1. The first-order valence-electron chi connectivity index (χ1n) is 9.31. The molecule has 2 heterocycles. The van der Waals surface area contributed by atoms with Crippen LogP contribution < -0.4 is 11.1 Å². The number of rotatable bonds is 3. The average molecular weight is 347 g/mol. The number of carbonyl (C=O) groups excluding carboxylic acids is 2. The van der Waals surface area contributed by atoms with Crippen LogP contribution in [-0.4, -0.2) is 41.4 Å². The molecule has 0 spiro atoms. The highest BCUT2D eigenvalue weighted by molar-refractivity contribution is 5.95. The molecule has 2 amide bonds. The van der Waals surface area contributed by atoms with Crippen molar-refractivity contribution in [2.75, 3.05) is 13.1 Å². The smallest absolute Gasteiger partial charge is 0.255 e. The SMILES string of the molecule is Cc1occc1C(=O)NC1CCN(C(=O)C2CCCCC2(C)N)CC1. The van der Waals surface area contributed by atoms with Gasteiger partial charge in [0.2, 0.25) is 5.91 Å². The van der Waals surface area contributed by atoms with Crippen molar-refractivity contribution in [3.05, 3.63) is 23.7 Å². The lowest BCUT2D eigenvalue weighted by Crippen LogP contribution is -2.56. The van der Waals surface area contributed by atoms with Crippen LogP contribution in [0.4, 0.5) is 0 Å². The highest BCUT2D eigenvalue weighted by Crippen LogP contribution is 2.33. The molecule has 2 fully saturated rings. The van der Waals surface area contributed by atoms with Gasteiger partial charge in [0.15, 0.2) is 0 Å². The van der Waals surface area contributed by atoms with Crippen LogP contribution in [0.5, 0.6) is 0 Å². The average Bonchev–Trinajstić information content (AvgIpc) is 3.01. The second-order valence-electron chi connectivity index (χ2n) is 7.77. The number of piperidine rings is 1. The van der Waals surface area contributed by atoms with Gasteiger partial charge in [0.25, 0.3) is 5.91 Å². The molecule has 25 heavy (non-hydrogen) atoms. The standard InChI is InChI=1S/C19H29N3O3/c1-13-15(8-12-25-13)17(23)21-14-6-10-22(11-7-14)18(24)16-5-3-4-9-19(16,2)20/h8,12,14,16H,3-7,9-11,20H2,1-2H3,(H,21,23). The number of furan rings is 1. The predicted molar refractivity (Wildman–Crippen MR) is 95.1 cm³/mol. The Bertz CT molecular complexity index is 630. The van der Waals surface area contributed by atoms with Crippen molar-refractivity contribution in [1.29, 1.82) is 0 Å². The van der Waals surface area contributed by atoms with Gasteiger partial charge in [-0.25, -0.2) is 0 Å². The third-order valence-corrected chi connectivity index (χ3v) is 5.80. The number of amides is 2. The van der Waals surface area contributed by atoms with Gasteiger partial charge in [-0.2, -0.15) is 0 Å². The summed E-state index contributed by atoms with van der Waals surface area (Å²) < 4.78 is 5.18. The van der Waals surface area contributed by atoms with Crippen LogP contribution in [0.3, 0.4) is 0 Å². The normalized spacial score (nSPS) is 28.0. The van der Waals surface area contributed by atoms with Gasteiger partial charge >= 0.3 is 0 Å². The number of nitrogens with zero attached hydrogens (tertiary/aromatic N) is 1. The highest BCUT2D eigenvalue weighted by Gasteiger charge is 2.40. The molecule has 0 aromatic carbocycles. The fourth-order valence-electron chi connectivity index (χ4n) is 4.11. The van der Waals surface area contributed by atoms with Crippen molar-refractivity contribution < 1.29 is 14.0 Å². The molecular formula is C19H29N3O3. The highest BCUT2D eigenvalue weighted by atomic mass is 16.3. The van der Waals surface area contributed by atoms with E-state index in [1.54, 1.807) is 13.0 Å². The fourth-order valence-corrected chi connectivity index (χ4v) is 4.11.